The number of hydrogen-bond acceptors (Lipinski definition) is 3. The summed E-state index contributed by atoms with van der Waals surface area (Å²) >= 11 is 12.8. The van der Waals surface area contributed by atoms with Crippen molar-refractivity contribution in [2.75, 3.05) is 13.1 Å². The number of aryl methyl sites for hydroxylation is 1. The molecule has 1 fully saturated rings. The molecule has 1 saturated heterocycles. The van der Waals surface area contributed by atoms with Crippen LogP contribution in [0.25, 0.3) is 0 Å². The highest BCUT2D eigenvalue weighted by molar-refractivity contribution is 7.13. The number of likely N-dealkylation sites (tertiary alicyclic amines) is 1. The Labute approximate surface area is 177 Å². The molecule has 0 aliphatic carbocycles. The Morgan fingerprint density at radius 2 is 1.89 bits per heavy atom. The monoisotopic (exact) mass is 445 g/mol. The Morgan fingerprint density at radius 1 is 1.21 bits per heavy atom. The number of carboxylic acid groups (broad SMARTS) is 1. The first-order valence-electron chi connectivity index (χ1n) is 9.04. The second-order valence-electron chi connectivity index (χ2n) is 6.46. The number of benzene rings is 1. The number of thiophene rings is 1. The standard InChI is InChI=1S/C12H13Cl2NO.C8H9FO2S/c13-10-6-9(7-11(14)8-10)3-5-15-4-1-2-12(15)16;1-2-3-5-4-6(9)7(12-5)8(10)11/h6-8H,1-5H2;4H,2-3H2,1H3,(H,10,11). The number of amides is 1. The second-order valence-corrected chi connectivity index (χ2v) is 8.47. The maximum Gasteiger partial charge on any atom is 0.348 e. The van der Waals surface area contributed by atoms with Crippen LogP contribution in [0.15, 0.2) is 24.3 Å². The van der Waals surface area contributed by atoms with Crippen molar-refractivity contribution in [2.45, 2.75) is 39.0 Å². The van der Waals surface area contributed by atoms with E-state index < -0.39 is 11.8 Å². The van der Waals surface area contributed by atoms with Gasteiger partial charge in [0.05, 0.1) is 0 Å². The molecule has 28 heavy (non-hydrogen) atoms. The Morgan fingerprint density at radius 3 is 2.39 bits per heavy atom. The molecule has 1 N–H and O–H groups in total. The van der Waals surface area contributed by atoms with Crippen LogP contribution in [0.3, 0.4) is 0 Å². The first-order chi connectivity index (χ1) is 13.3. The molecule has 152 valence electrons. The van der Waals surface area contributed by atoms with E-state index in [0.717, 1.165) is 60.6 Å². The van der Waals surface area contributed by atoms with Crippen LogP contribution in [0.5, 0.6) is 0 Å². The van der Waals surface area contributed by atoms with Crippen LogP contribution in [0.1, 0.15) is 46.3 Å². The Kier molecular flexibility index (Phi) is 8.73. The number of halogens is 3. The van der Waals surface area contributed by atoms with Gasteiger partial charge in [-0.2, -0.15) is 0 Å². The van der Waals surface area contributed by atoms with Crippen molar-refractivity contribution in [1.29, 1.82) is 0 Å². The van der Waals surface area contributed by atoms with Gasteiger partial charge in [-0.05, 0) is 49.1 Å². The highest BCUT2D eigenvalue weighted by Crippen LogP contribution is 2.22. The first-order valence-corrected chi connectivity index (χ1v) is 10.6. The summed E-state index contributed by atoms with van der Waals surface area (Å²) in [6.07, 6.45) is 4.13. The number of rotatable bonds is 6. The van der Waals surface area contributed by atoms with Crippen molar-refractivity contribution in [2.24, 2.45) is 0 Å². The number of carboxylic acids is 1. The van der Waals surface area contributed by atoms with Crippen molar-refractivity contribution in [3.63, 3.8) is 0 Å². The van der Waals surface area contributed by atoms with Crippen LogP contribution in [0.4, 0.5) is 4.39 Å². The Hall–Kier alpha value is -1.63. The third-order valence-electron chi connectivity index (χ3n) is 4.19. The summed E-state index contributed by atoms with van der Waals surface area (Å²) in [6, 6.07) is 6.81. The number of aromatic carboxylic acids is 1. The normalized spacial score (nSPS) is 13.4. The van der Waals surface area contributed by atoms with Gasteiger partial charge in [-0.3, -0.25) is 4.79 Å². The molecular weight excluding hydrogens is 424 g/mol. The van der Waals surface area contributed by atoms with Crippen LogP contribution in [-0.4, -0.2) is 35.0 Å². The lowest BCUT2D eigenvalue weighted by molar-refractivity contribution is -0.127. The first kappa shape index (κ1) is 22.7. The minimum Gasteiger partial charge on any atom is -0.477 e. The summed E-state index contributed by atoms with van der Waals surface area (Å²) in [5.74, 6) is -1.54. The number of nitrogens with zero attached hydrogens (tertiary/aromatic N) is 1. The maximum atomic E-state index is 12.8. The van der Waals surface area contributed by atoms with Crippen molar-refractivity contribution < 1.29 is 19.1 Å². The van der Waals surface area contributed by atoms with E-state index in [1.807, 2.05) is 24.0 Å². The summed E-state index contributed by atoms with van der Waals surface area (Å²) in [6.45, 7) is 3.61. The van der Waals surface area contributed by atoms with E-state index in [0.29, 0.717) is 16.5 Å². The largest absolute Gasteiger partial charge is 0.477 e. The van der Waals surface area contributed by atoms with E-state index in [1.165, 1.54) is 6.07 Å². The van der Waals surface area contributed by atoms with Crippen LogP contribution in [-0.2, 0) is 17.6 Å². The van der Waals surface area contributed by atoms with E-state index in [2.05, 4.69) is 0 Å². The van der Waals surface area contributed by atoms with Crippen LogP contribution < -0.4 is 0 Å². The van der Waals surface area contributed by atoms with Gasteiger partial charge < -0.3 is 10.0 Å². The molecule has 0 bridgehead atoms. The SMILES string of the molecule is CCCc1cc(F)c(C(=O)O)s1.O=C1CCCN1CCc1cc(Cl)cc(Cl)c1. The van der Waals surface area contributed by atoms with E-state index in [-0.39, 0.29) is 10.8 Å². The van der Waals surface area contributed by atoms with E-state index in [4.69, 9.17) is 28.3 Å². The summed E-state index contributed by atoms with van der Waals surface area (Å²) in [4.78, 5) is 24.3. The predicted molar refractivity (Wildman–Crippen MR) is 111 cm³/mol. The molecule has 0 atom stereocenters. The lowest BCUT2D eigenvalue weighted by atomic mass is 10.1. The molecule has 1 aliphatic heterocycles. The smallest absolute Gasteiger partial charge is 0.348 e. The van der Waals surface area contributed by atoms with Gasteiger partial charge >= 0.3 is 5.97 Å². The molecule has 1 aromatic heterocycles. The van der Waals surface area contributed by atoms with E-state index >= 15 is 0 Å². The molecule has 1 aromatic carbocycles. The molecule has 8 heteroatoms. The van der Waals surface area contributed by atoms with Crippen molar-refractivity contribution in [3.8, 4) is 0 Å². The molecule has 3 rings (SSSR count). The predicted octanol–water partition coefficient (Wildman–Crippen LogP) is 5.70. The van der Waals surface area contributed by atoms with Crippen molar-refractivity contribution >= 4 is 46.4 Å². The fraction of sp³-hybridized carbons (Fsp3) is 0.400. The van der Waals surface area contributed by atoms with Gasteiger partial charge in [0, 0.05) is 34.4 Å². The molecular formula is C20H22Cl2FNO3S. The van der Waals surface area contributed by atoms with Gasteiger partial charge in [-0.15, -0.1) is 11.3 Å². The number of carbonyl (C=O) groups is 2. The molecule has 0 unspecified atom stereocenters. The topological polar surface area (TPSA) is 57.6 Å². The average molecular weight is 446 g/mol. The third-order valence-corrected chi connectivity index (χ3v) is 5.79. The van der Waals surface area contributed by atoms with Crippen molar-refractivity contribution in [1.82, 2.24) is 4.90 Å². The Balaban J connectivity index is 0.000000209. The lowest BCUT2D eigenvalue weighted by Gasteiger charge is -2.15. The van der Waals surface area contributed by atoms with Crippen LogP contribution >= 0.6 is 34.5 Å². The van der Waals surface area contributed by atoms with Crippen LogP contribution in [0, 0.1) is 5.82 Å². The van der Waals surface area contributed by atoms with Gasteiger partial charge in [0.25, 0.3) is 0 Å². The zero-order valence-corrected chi connectivity index (χ0v) is 17.8. The zero-order valence-electron chi connectivity index (χ0n) is 15.5. The number of hydrogen-bond donors (Lipinski definition) is 1. The highest BCUT2D eigenvalue weighted by atomic mass is 35.5. The van der Waals surface area contributed by atoms with Gasteiger partial charge in [-0.25, -0.2) is 9.18 Å². The highest BCUT2D eigenvalue weighted by Gasteiger charge is 2.19. The maximum absolute atomic E-state index is 12.8. The van der Waals surface area contributed by atoms with Gasteiger partial charge in [0.15, 0.2) is 0 Å². The van der Waals surface area contributed by atoms with Gasteiger partial charge in [-0.1, -0.05) is 36.5 Å². The fourth-order valence-electron chi connectivity index (χ4n) is 2.89. The van der Waals surface area contributed by atoms with Crippen LogP contribution in [0.2, 0.25) is 10.0 Å². The minimum atomic E-state index is -1.18. The Bertz CT molecular complexity index is 821. The van der Waals surface area contributed by atoms with E-state index in [9.17, 15) is 14.0 Å². The summed E-state index contributed by atoms with van der Waals surface area (Å²) in [5, 5.41) is 9.81. The van der Waals surface area contributed by atoms with Crippen molar-refractivity contribution in [3.05, 3.63) is 55.4 Å². The molecule has 1 amide bonds. The molecule has 0 saturated carbocycles. The molecule has 0 radical (unpaired) electrons. The molecule has 1 aliphatic rings. The average Bonchev–Trinajstić information content (AvgIpc) is 3.18. The summed E-state index contributed by atoms with van der Waals surface area (Å²) < 4.78 is 12.8. The van der Waals surface area contributed by atoms with E-state index in [1.54, 1.807) is 6.07 Å². The minimum absolute atomic E-state index is 0.182. The van der Waals surface area contributed by atoms with Gasteiger partial charge in [0.2, 0.25) is 5.91 Å². The molecule has 2 aromatic rings. The summed E-state index contributed by atoms with van der Waals surface area (Å²) in [5.41, 5.74) is 1.08. The second kappa shape index (κ2) is 10.8. The molecule has 0 spiro atoms. The molecule has 2 heterocycles. The zero-order chi connectivity index (χ0) is 20.7. The quantitative estimate of drug-likeness (QED) is 0.620. The lowest BCUT2D eigenvalue weighted by Crippen LogP contribution is -2.26. The molecule has 4 nitrogen and oxygen atoms in total. The number of carbonyl (C=O) groups excluding carboxylic acids is 1. The summed E-state index contributed by atoms with van der Waals surface area (Å²) in [7, 11) is 0. The fourth-order valence-corrected chi connectivity index (χ4v) is 4.44. The third kappa shape index (κ3) is 6.76. The van der Waals surface area contributed by atoms with Gasteiger partial charge in [0.1, 0.15) is 10.7 Å².